The van der Waals surface area contributed by atoms with Crippen molar-refractivity contribution in [3.8, 4) is 5.75 Å². The molecule has 2 aromatic rings. The summed E-state index contributed by atoms with van der Waals surface area (Å²) in [5.41, 5.74) is -2.78. The van der Waals surface area contributed by atoms with Gasteiger partial charge in [-0.2, -0.15) is 22.0 Å². The topological polar surface area (TPSA) is 131 Å². The lowest BCUT2D eigenvalue weighted by molar-refractivity contribution is -0.156. The maximum absolute atomic E-state index is 14.0. The molecule has 0 bridgehead atoms. The number of Topliss-reactive ketones (excluding diaryl/α,β-unsaturated/α-hetero) is 1. The minimum absolute atomic E-state index is 0.0627. The quantitative estimate of drug-likeness (QED) is 0.175. The molecule has 1 heterocycles. The van der Waals surface area contributed by atoms with Gasteiger partial charge >= 0.3 is 24.0 Å². The molecule has 0 aromatic heterocycles. The Hall–Kier alpha value is -4.70. The number of piperidine rings is 1. The summed E-state index contributed by atoms with van der Waals surface area (Å²) in [6.07, 6.45) is -5.68. The Morgan fingerprint density at radius 3 is 2.06 bits per heavy atom. The van der Waals surface area contributed by atoms with Gasteiger partial charge in [-0.05, 0) is 45.7 Å². The fourth-order valence-corrected chi connectivity index (χ4v) is 4.51. The van der Waals surface area contributed by atoms with Crippen molar-refractivity contribution in [1.29, 1.82) is 0 Å². The smallest absolute Gasteiger partial charge is 0.418 e. The van der Waals surface area contributed by atoms with Gasteiger partial charge in [-0.3, -0.25) is 24.0 Å². The van der Waals surface area contributed by atoms with Crippen molar-refractivity contribution in [2.45, 2.75) is 57.9 Å². The lowest BCUT2D eigenvalue weighted by Gasteiger charge is -2.31. The first-order chi connectivity index (χ1) is 21.8. The van der Waals surface area contributed by atoms with Crippen molar-refractivity contribution in [2.24, 2.45) is 5.92 Å². The van der Waals surface area contributed by atoms with Crippen molar-refractivity contribution in [1.82, 2.24) is 10.2 Å². The largest absolute Gasteiger partial charge is 0.479 e. The third-order valence-corrected chi connectivity index (χ3v) is 6.75. The van der Waals surface area contributed by atoms with Crippen molar-refractivity contribution in [2.75, 3.05) is 25.0 Å². The summed E-state index contributed by atoms with van der Waals surface area (Å²) in [5, 5.41) is 4.26. The monoisotopic (exact) mass is 677 g/mol. The van der Waals surface area contributed by atoms with Gasteiger partial charge in [0.2, 0.25) is 17.5 Å². The molecule has 47 heavy (non-hydrogen) atoms. The van der Waals surface area contributed by atoms with Crippen molar-refractivity contribution in [3.05, 3.63) is 59.2 Å². The number of ether oxygens (including phenoxy) is 2. The number of hydrogen-bond acceptors (Lipinski definition) is 7. The summed E-state index contributed by atoms with van der Waals surface area (Å²) >= 11 is 0. The zero-order chi connectivity index (χ0) is 35.3. The van der Waals surface area contributed by atoms with E-state index >= 15 is 0 Å². The fourth-order valence-electron chi connectivity index (χ4n) is 4.51. The molecule has 17 heteroatoms. The van der Waals surface area contributed by atoms with Gasteiger partial charge in [0, 0.05) is 25.1 Å². The fraction of sp³-hybridized carbons (Fsp3) is 0.433. The minimum Gasteiger partial charge on any atom is -0.479 e. The Balaban J connectivity index is 1.65. The number of esters is 1. The molecule has 2 aromatic carbocycles. The lowest BCUT2D eigenvalue weighted by Crippen LogP contribution is -2.50. The van der Waals surface area contributed by atoms with Crippen LogP contribution in [0.2, 0.25) is 0 Å². The van der Waals surface area contributed by atoms with Gasteiger partial charge in [-0.15, -0.1) is 0 Å². The second-order valence-corrected chi connectivity index (χ2v) is 11.5. The minimum atomic E-state index is -4.79. The van der Waals surface area contributed by atoms with Gasteiger partial charge in [0.15, 0.2) is 23.2 Å². The molecule has 256 valence electrons. The van der Waals surface area contributed by atoms with E-state index in [-0.39, 0.29) is 32.0 Å². The highest BCUT2D eigenvalue weighted by atomic mass is 19.4. The van der Waals surface area contributed by atoms with E-state index in [4.69, 9.17) is 4.74 Å². The molecule has 10 nitrogen and oxygen atoms in total. The van der Waals surface area contributed by atoms with Crippen LogP contribution in [0.3, 0.4) is 0 Å². The molecule has 0 unspecified atom stereocenters. The number of para-hydroxylation sites is 1. The van der Waals surface area contributed by atoms with E-state index < -0.39 is 107 Å². The molecule has 0 saturated carbocycles. The summed E-state index contributed by atoms with van der Waals surface area (Å²) in [6, 6.07) is 2.32. The molecule has 1 saturated heterocycles. The highest BCUT2D eigenvalue weighted by Gasteiger charge is 2.36. The number of halogens is 7. The standard InChI is InChI=1S/C30H30F7N3O7/c1-29(2,3)47-22(42)13-20(21(41)14-46-25-23(33)17(31)12-18(32)24(25)34)39-26(43)15-8-10-40(11-9-15)28(45)27(44)38-19-7-5-4-6-16(19)30(35,36)37/h4-7,12,15,20H,8-11,13-14H2,1-3H3,(H,38,44)(H,39,43)/t20-/m0/s1. The van der Waals surface area contributed by atoms with Gasteiger partial charge in [0.05, 0.1) is 17.7 Å². The second kappa shape index (κ2) is 14.8. The maximum atomic E-state index is 14.0. The number of anilines is 1. The first-order valence-electron chi connectivity index (χ1n) is 14.1. The highest BCUT2D eigenvalue weighted by molar-refractivity contribution is 6.39. The van der Waals surface area contributed by atoms with Crippen LogP contribution >= 0.6 is 0 Å². The Labute approximate surface area is 263 Å². The first-order valence-corrected chi connectivity index (χ1v) is 14.1. The number of amides is 3. The Morgan fingerprint density at radius 2 is 1.51 bits per heavy atom. The number of carbonyl (C=O) groups excluding carboxylic acids is 5. The van der Waals surface area contributed by atoms with E-state index in [0.29, 0.717) is 0 Å². The molecule has 1 atom stereocenters. The van der Waals surface area contributed by atoms with Crippen LogP contribution in [-0.2, 0) is 34.9 Å². The average molecular weight is 678 g/mol. The third kappa shape index (κ3) is 9.89. The van der Waals surface area contributed by atoms with Crippen molar-refractivity contribution in [3.63, 3.8) is 0 Å². The second-order valence-electron chi connectivity index (χ2n) is 11.5. The predicted molar refractivity (Wildman–Crippen MR) is 149 cm³/mol. The molecule has 1 aliphatic rings. The number of alkyl halides is 3. The zero-order valence-corrected chi connectivity index (χ0v) is 25.2. The number of hydrogen-bond donors (Lipinski definition) is 2. The van der Waals surface area contributed by atoms with Gasteiger partial charge in [-0.25, -0.2) is 8.78 Å². The lowest BCUT2D eigenvalue weighted by atomic mass is 9.95. The van der Waals surface area contributed by atoms with Crippen LogP contribution in [-0.4, -0.2) is 65.7 Å². The maximum Gasteiger partial charge on any atom is 0.418 e. The summed E-state index contributed by atoms with van der Waals surface area (Å²) in [4.78, 5) is 64.6. The van der Waals surface area contributed by atoms with Crippen LogP contribution in [0.1, 0.15) is 45.6 Å². The van der Waals surface area contributed by atoms with Crippen molar-refractivity contribution < 1.29 is 64.2 Å². The molecular weight excluding hydrogens is 647 g/mol. The molecule has 0 spiro atoms. The van der Waals surface area contributed by atoms with Gasteiger partial charge in [-0.1, -0.05) is 12.1 Å². The molecule has 3 amide bonds. The van der Waals surface area contributed by atoms with E-state index in [0.717, 1.165) is 23.1 Å². The van der Waals surface area contributed by atoms with Crippen molar-refractivity contribution >= 4 is 35.2 Å². The molecule has 2 N–H and O–H groups in total. The average Bonchev–Trinajstić information content (AvgIpc) is 2.98. The number of carbonyl (C=O) groups is 5. The molecule has 1 aliphatic heterocycles. The summed E-state index contributed by atoms with van der Waals surface area (Å²) in [7, 11) is 0. The SMILES string of the molecule is CC(C)(C)OC(=O)C[C@H](NC(=O)C1CCN(C(=O)C(=O)Nc2ccccc2C(F)(F)F)CC1)C(=O)COc1c(F)c(F)cc(F)c1F. The van der Waals surface area contributed by atoms with Crippen LogP contribution in [0.4, 0.5) is 36.4 Å². The molecule has 0 radical (unpaired) electrons. The van der Waals surface area contributed by atoms with Gasteiger partial charge < -0.3 is 25.0 Å². The van der Waals surface area contributed by atoms with Crippen LogP contribution in [0.5, 0.6) is 5.75 Å². The van der Waals surface area contributed by atoms with Crippen LogP contribution in [0.15, 0.2) is 30.3 Å². The Morgan fingerprint density at radius 1 is 0.936 bits per heavy atom. The summed E-state index contributed by atoms with van der Waals surface area (Å²) in [5.74, 6) is -15.2. The van der Waals surface area contributed by atoms with Crippen LogP contribution in [0.25, 0.3) is 0 Å². The van der Waals surface area contributed by atoms with E-state index in [1.807, 2.05) is 5.32 Å². The number of benzene rings is 2. The summed E-state index contributed by atoms with van der Waals surface area (Å²) in [6.45, 7) is 3.00. The van der Waals surface area contributed by atoms with E-state index in [2.05, 4.69) is 10.1 Å². The van der Waals surface area contributed by atoms with E-state index in [1.165, 1.54) is 26.8 Å². The number of nitrogens with one attached hydrogen (secondary N) is 2. The first kappa shape index (κ1) is 36.8. The van der Waals surface area contributed by atoms with E-state index in [1.54, 1.807) is 0 Å². The molecule has 0 aliphatic carbocycles. The van der Waals surface area contributed by atoms with Gasteiger partial charge in [0.25, 0.3) is 0 Å². The van der Waals surface area contributed by atoms with Crippen LogP contribution < -0.4 is 15.4 Å². The van der Waals surface area contributed by atoms with E-state index in [9.17, 15) is 54.7 Å². The Kier molecular flexibility index (Phi) is 11.6. The molecule has 1 fully saturated rings. The molecular formula is C30H30F7N3O7. The molecule has 3 rings (SSSR count). The normalized spacial score (nSPS) is 14.6. The third-order valence-electron chi connectivity index (χ3n) is 6.75. The number of nitrogens with zero attached hydrogens (tertiary/aromatic N) is 1. The van der Waals surface area contributed by atoms with Crippen LogP contribution in [0, 0.1) is 29.2 Å². The summed E-state index contributed by atoms with van der Waals surface area (Å²) < 4.78 is 105. The number of ketones is 1. The van der Waals surface area contributed by atoms with Gasteiger partial charge in [0.1, 0.15) is 18.2 Å². The Bertz CT molecular complexity index is 1510. The predicted octanol–water partition coefficient (Wildman–Crippen LogP) is 4.30. The highest BCUT2D eigenvalue weighted by Crippen LogP contribution is 2.34. The number of likely N-dealkylation sites (tertiary alicyclic amines) is 1. The zero-order valence-electron chi connectivity index (χ0n) is 25.2. The number of rotatable bonds is 9.